The molecule has 0 spiro atoms. The molecule has 0 radical (unpaired) electrons. The molecule has 3 heteroatoms. The van der Waals surface area contributed by atoms with Crippen LogP contribution in [-0.2, 0) is 4.79 Å². The maximum absolute atomic E-state index is 10.5. The first kappa shape index (κ1) is 8.53. The number of furan rings is 1. The zero-order valence-corrected chi connectivity index (χ0v) is 7.80. The molecule has 0 aliphatic rings. The molecule has 0 N–H and O–H groups in total. The lowest BCUT2D eigenvalue weighted by Gasteiger charge is -2.00. The van der Waals surface area contributed by atoms with E-state index in [0.29, 0.717) is 4.67 Å². The normalized spacial score (nSPS) is 12.9. The lowest BCUT2D eigenvalue weighted by Crippen LogP contribution is -1.95. The summed E-state index contributed by atoms with van der Waals surface area (Å²) in [6.45, 7) is 1.95. The van der Waals surface area contributed by atoms with Crippen molar-refractivity contribution in [1.82, 2.24) is 0 Å². The Balaban J connectivity index is 2.81. The molecular formula is C8H9BrO2. The minimum atomic E-state index is -0.0960. The van der Waals surface area contributed by atoms with E-state index in [0.717, 1.165) is 18.5 Å². The minimum Gasteiger partial charge on any atom is -0.454 e. The van der Waals surface area contributed by atoms with Gasteiger partial charge in [-0.1, -0.05) is 6.92 Å². The van der Waals surface area contributed by atoms with Crippen LogP contribution >= 0.6 is 15.9 Å². The second-order valence-electron chi connectivity index (χ2n) is 2.29. The largest absolute Gasteiger partial charge is 0.454 e. The summed E-state index contributed by atoms with van der Waals surface area (Å²) in [7, 11) is 0. The van der Waals surface area contributed by atoms with Crippen LogP contribution in [0.2, 0.25) is 0 Å². The standard InChI is InChI=1S/C8H9BrO2/c1-2-6(5-10)7-3-4-8(9)11-7/h3-6H,2H2,1H3. The molecule has 0 saturated heterocycles. The second kappa shape index (κ2) is 3.72. The van der Waals surface area contributed by atoms with Gasteiger partial charge in [0.05, 0.1) is 5.92 Å². The van der Waals surface area contributed by atoms with Crippen molar-refractivity contribution < 1.29 is 9.21 Å². The number of halogens is 1. The predicted molar refractivity (Wildman–Crippen MR) is 45.5 cm³/mol. The van der Waals surface area contributed by atoms with Gasteiger partial charge in [0.1, 0.15) is 12.0 Å². The summed E-state index contributed by atoms with van der Waals surface area (Å²) in [5.41, 5.74) is 0. The first-order chi connectivity index (χ1) is 5.27. The van der Waals surface area contributed by atoms with Gasteiger partial charge in [0, 0.05) is 0 Å². The Bertz CT molecular complexity index is 242. The molecule has 0 aliphatic heterocycles. The van der Waals surface area contributed by atoms with E-state index in [1.807, 2.05) is 13.0 Å². The van der Waals surface area contributed by atoms with Gasteiger partial charge >= 0.3 is 0 Å². The Kier molecular flexibility index (Phi) is 2.88. The first-order valence-corrected chi connectivity index (χ1v) is 4.27. The lowest BCUT2D eigenvalue weighted by atomic mass is 10.1. The van der Waals surface area contributed by atoms with Crippen LogP contribution in [0.25, 0.3) is 0 Å². The van der Waals surface area contributed by atoms with E-state index >= 15 is 0 Å². The van der Waals surface area contributed by atoms with Crippen LogP contribution in [0.1, 0.15) is 25.0 Å². The summed E-state index contributed by atoms with van der Waals surface area (Å²) in [5, 5.41) is 0. The van der Waals surface area contributed by atoms with E-state index < -0.39 is 0 Å². The molecule has 0 aliphatic carbocycles. The van der Waals surface area contributed by atoms with Crippen molar-refractivity contribution in [2.75, 3.05) is 0 Å². The van der Waals surface area contributed by atoms with Crippen LogP contribution in [0.15, 0.2) is 21.2 Å². The Morgan fingerprint density at radius 1 is 1.73 bits per heavy atom. The Labute approximate surface area is 73.7 Å². The molecule has 11 heavy (non-hydrogen) atoms. The Hall–Kier alpha value is -0.570. The predicted octanol–water partition coefficient (Wildman–Crippen LogP) is 2.73. The van der Waals surface area contributed by atoms with Crippen molar-refractivity contribution in [3.8, 4) is 0 Å². The van der Waals surface area contributed by atoms with Crippen LogP contribution in [-0.4, -0.2) is 6.29 Å². The van der Waals surface area contributed by atoms with Gasteiger partial charge < -0.3 is 9.21 Å². The zero-order valence-electron chi connectivity index (χ0n) is 6.21. The van der Waals surface area contributed by atoms with E-state index in [1.54, 1.807) is 6.07 Å². The van der Waals surface area contributed by atoms with Crippen LogP contribution < -0.4 is 0 Å². The number of carbonyl (C=O) groups excluding carboxylic acids is 1. The molecule has 1 aromatic heterocycles. The highest BCUT2D eigenvalue weighted by atomic mass is 79.9. The number of carbonyl (C=O) groups is 1. The van der Waals surface area contributed by atoms with Gasteiger partial charge in [0.25, 0.3) is 0 Å². The molecular weight excluding hydrogens is 208 g/mol. The molecule has 1 atom stereocenters. The number of hydrogen-bond acceptors (Lipinski definition) is 2. The third-order valence-corrected chi connectivity index (χ3v) is 1.99. The highest BCUT2D eigenvalue weighted by Gasteiger charge is 2.11. The second-order valence-corrected chi connectivity index (χ2v) is 3.07. The number of rotatable bonds is 3. The minimum absolute atomic E-state index is 0.0960. The summed E-state index contributed by atoms with van der Waals surface area (Å²) in [5.74, 6) is 0.635. The summed E-state index contributed by atoms with van der Waals surface area (Å²) in [6, 6.07) is 3.61. The third-order valence-electron chi connectivity index (χ3n) is 1.56. The van der Waals surface area contributed by atoms with Crippen LogP contribution in [0, 0.1) is 0 Å². The molecule has 1 heterocycles. The highest BCUT2D eigenvalue weighted by molar-refractivity contribution is 9.10. The van der Waals surface area contributed by atoms with E-state index in [1.165, 1.54) is 0 Å². The van der Waals surface area contributed by atoms with Crippen molar-refractivity contribution in [2.24, 2.45) is 0 Å². The van der Waals surface area contributed by atoms with E-state index in [4.69, 9.17) is 4.42 Å². The van der Waals surface area contributed by atoms with Gasteiger partial charge in [0.15, 0.2) is 4.67 Å². The topological polar surface area (TPSA) is 30.2 Å². The quantitative estimate of drug-likeness (QED) is 0.728. The Morgan fingerprint density at radius 2 is 2.45 bits per heavy atom. The molecule has 1 unspecified atom stereocenters. The SMILES string of the molecule is CCC(C=O)c1ccc(Br)o1. The van der Waals surface area contributed by atoms with Crippen molar-refractivity contribution >= 4 is 22.2 Å². The number of hydrogen-bond donors (Lipinski definition) is 0. The molecule has 2 nitrogen and oxygen atoms in total. The first-order valence-electron chi connectivity index (χ1n) is 3.48. The molecule has 0 fully saturated rings. The smallest absolute Gasteiger partial charge is 0.169 e. The van der Waals surface area contributed by atoms with Crippen molar-refractivity contribution in [3.05, 3.63) is 22.6 Å². The fraction of sp³-hybridized carbons (Fsp3) is 0.375. The molecule has 0 amide bonds. The fourth-order valence-corrected chi connectivity index (χ4v) is 1.21. The van der Waals surface area contributed by atoms with Crippen molar-refractivity contribution in [2.45, 2.75) is 19.3 Å². The average Bonchev–Trinajstić information content (AvgIpc) is 2.39. The zero-order chi connectivity index (χ0) is 8.27. The van der Waals surface area contributed by atoms with Crippen LogP contribution in [0.3, 0.4) is 0 Å². The maximum Gasteiger partial charge on any atom is 0.169 e. The molecule has 0 aromatic carbocycles. The van der Waals surface area contributed by atoms with E-state index in [2.05, 4.69) is 15.9 Å². The maximum atomic E-state index is 10.5. The molecule has 1 rings (SSSR count). The number of aldehydes is 1. The third kappa shape index (κ3) is 1.93. The Morgan fingerprint density at radius 3 is 2.82 bits per heavy atom. The van der Waals surface area contributed by atoms with Crippen molar-refractivity contribution in [3.63, 3.8) is 0 Å². The summed E-state index contributed by atoms with van der Waals surface area (Å²) in [4.78, 5) is 10.5. The van der Waals surface area contributed by atoms with E-state index in [9.17, 15) is 4.79 Å². The van der Waals surface area contributed by atoms with Gasteiger partial charge in [-0.2, -0.15) is 0 Å². The molecule has 60 valence electrons. The van der Waals surface area contributed by atoms with Crippen molar-refractivity contribution in [1.29, 1.82) is 0 Å². The van der Waals surface area contributed by atoms with Gasteiger partial charge in [-0.3, -0.25) is 0 Å². The fourth-order valence-electron chi connectivity index (χ4n) is 0.892. The van der Waals surface area contributed by atoms with E-state index in [-0.39, 0.29) is 5.92 Å². The van der Waals surface area contributed by atoms with Gasteiger partial charge in [0.2, 0.25) is 0 Å². The van der Waals surface area contributed by atoms with Gasteiger partial charge in [-0.15, -0.1) is 0 Å². The summed E-state index contributed by atoms with van der Waals surface area (Å²) in [6.07, 6.45) is 1.69. The molecule has 1 aromatic rings. The van der Waals surface area contributed by atoms with Gasteiger partial charge in [-0.25, -0.2) is 0 Å². The van der Waals surface area contributed by atoms with Gasteiger partial charge in [-0.05, 0) is 34.5 Å². The summed E-state index contributed by atoms with van der Waals surface area (Å²) >= 11 is 3.18. The molecule has 0 saturated carbocycles. The lowest BCUT2D eigenvalue weighted by molar-refractivity contribution is -0.109. The van der Waals surface area contributed by atoms with Crippen LogP contribution in [0.5, 0.6) is 0 Å². The molecule has 0 bridgehead atoms. The summed E-state index contributed by atoms with van der Waals surface area (Å²) < 4.78 is 5.89. The highest BCUT2D eigenvalue weighted by Crippen LogP contribution is 2.22. The van der Waals surface area contributed by atoms with Crippen LogP contribution in [0.4, 0.5) is 0 Å². The average molecular weight is 217 g/mol. The monoisotopic (exact) mass is 216 g/mol.